The number of hydrogen-bond acceptors (Lipinski definition) is 5. The number of cyclic esters (lactones) is 2. The van der Waals surface area contributed by atoms with Crippen LogP contribution in [-0.4, -0.2) is 17.7 Å². The number of benzene rings is 1. The number of hydrogen-bond donors (Lipinski definition) is 1. The molecule has 21 heavy (non-hydrogen) atoms. The highest BCUT2D eigenvalue weighted by molar-refractivity contribution is 6.15. The van der Waals surface area contributed by atoms with Crippen LogP contribution in [0, 0.1) is 0 Å². The van der Waals surface area contributed by atoms with E-state index in [9.17, 15) is 9.59 Å². The minimum Gasteiger partial charge on any atom is -0.419 e. The van der Waals surface area contributed by atoms with Gasteiger partial charge in [-0.2, -0.15) is 0 Å². The predicted molar refractivity (Wildman–Crippen MR) is 79.1 cm³/mol. The van der Waals surface area contributed by atoms with E-state index in [4.69, 9.17) is 9.47 Å². The van der Waals surface area contributed by atoms with E-state index in [1.165, 1.54) is 20.0 Å². The number of carbonyl (C=O) groups is 2. The maximum absolute atomic E-state index is 11.8. The average molecular weight is 287 g/mol. The topological polar surface area (TPSA) is 64.6 Å². The highest BCUT2D eigenvalue weighted by atomic mass is 16.7. The van der Waals surface area contributed by atoms with Crippen LogP contribution in [0.3, 0.4) is 0 Å². The standard InChI is InChI=1S/C16H17NO4/c1-10(2)11-7-5-6-8-13(11)17-9-12-14(18)20-16(3,4)21-15(12)19/h5-9,17H,1H2,2-4H3. The Labute approximate surface area is 123 Å². The van der Waals surface area contributed by atoms with Crippen molar-refractivity contribution in [3.8, 4) is 0 Å². The predicted octanol–water partition coefficient (Wildman–Crippen LogP) is 2.85. The molecule has 110 valence electrons. The molecule has 1 N–H and O–H groups in total. The van der Waals surface area contributed by atoms with Crippen LogP contribution in [0.4, 0.5) is 5.69 Å². The normalized spacial score (nSPS) is 16.8. The van der Waals surface area contributed by atoms with Crippen molar-refractivity contribution in [3.05, 3.63) is 48.2 Å². The number of para-hydroxylation sites is 1. The van der Waals surface area contributed by atoms with Gasteiger partial charge in [-0.25, -0.2) is 9.59 Å². The van der Waals surface area contributed by atoms with Crippen LogP contribution >= 0.6 is 0 Å². The van der Waals surface area contributed by atoms with Crippen molar-refractivity contribution in [2.45, 2.75) is 26.6 Å². The zero-order valence-electron chi connectivity index (χ0n) is 12.2. The van der Waals surface area contributed by atoms with Crippen molar-refractivity contribution >= 4 is 23.2 Å². The Bertz CT molecular complexity index is 621. The summed E-state index contributed by atoms with van der Waals surface area (Å²) in [7, 11) is 0. The number of carbonyl (C=O) groups excluding carboxylic acids is 2. The van der Waals surface area contributed by atoms with Crippen LogP contribution in [0.5, 0.6) is 0 Å². The Balaban J connectivity index is 2.24. The third kappa shape index (κ3) is 3.31. The molecule has 1 saturated heterocycles. The van der Waals surface area contributed by atoms with Gasteiger partial charge in [0, 0.05) is 31.3 Å². The fourth-order valence-corrected chi connectivity index (χ4v) is 1.91. The van der Waals surface area contributed by atoms with Gasteiger partial charge in [0.05, 0.1) is 0 Å². The second-order valence-corrected chi connectivity index (χ2v) is 5.21. The molecule has 5 heteroatoms. The number of allylic oxidation sites excluding steroid dienone is 1. The van der Waals surface area contributed by atoms with E-state index in [0.29, 0.717) is 0 Å². The van der Waals surface area contributed by atoms with Crippen molar-refractivity contribution in [1.82, 2.24) is 0 Å². The molecule has 0 atom stereocenters. The molecule has 1 aromatic rings. The van der Waals surface area contributed by atoms with Gasteiger partial charge in [0.2, 0.25) is 0 Å². The minimum atomic E-state index is -1.24. The summed E-state index contributed by atoms with van der Waals surface area (Å²) in [5.74, 6) is -2.66. The van der Waals surface area contributed by atoms with E-state index in [1.54, 1.807) is 0 Å². The number of rotatable bonds is 3. The van der Waals surface area contributed by atoms with Gasteiger partial charge in [0.1, 0.15) is 0 Å². The van der Waals surface area contributed by atoms with E-state index in [0.717, 1.165) is 16.8 Å². The van der Waals surface area contributed by atoms with Gasteiger partial charge in [0.15, 0.2) is 5.57 Å². The Hall–Kier alpha value is -2.56. The highest BCUT2D eigenvalue weighted by Crippen LogP contribution is 2.25. The van der Waals surface area contributed by atoms with Crippen molar-refractivity contribution in [2.75, 3.05) is 5.32 Å². The maximum atomic E-state index is 11.8. The smallest absolute Gasteiger partial charge is 0.350 e. The molecular weight excluding hydrogens is 270 g/mol. The molecule has 0 spiro atoms. The summed E-state index contributed by atoms with van der Waals surface area (Å²) < 4.78 is 10.0. The average Bonchev–Trinajstić information content (AvgIpc) is 2.36. The molecule has 0 saturated carbocycles. The largest absolute Gasteiger partial charge is 0.419 e. The molecule has 1 aromatic carbocycles. The zero-order valence-corrected chi connectivity index (χ0v) is 12.2. The SMILES string of the molecule is C=C(C)c1ccccc1NC=C1C(=O)OC(C)(C)OC1=O. The molecule has 5 nitrogen and oxygen atoms in total. The number of nitrogens with one attached hydrogen (secondary N) is 1. The molecule has 1 fully saturated rings. The molecule has 0 radical (unpaired) electrons. The van der Waals surface area contributed by atoms with Crippen LogP contribution < -0.4 is 5.32 Å². The van der Waals surface area contributed by atoms with Crippen LogP contribution in [0.15, 0.2) is 42.6 Å². The molecule has 1 heterocycles. The molecular formula is C16H17NO4. The van der Waals surface area contributed by atoms with Crippen molar-refractivity contribution in [3.63, 3.8) is 0 Å². The number of esters is 2. The van der Waals surface area contributed by atoms with Crippen LogP contribution in [-0.2, 0) is 19.1 Å². The minimum absolute atomic E-state index is 0.175. The van der Waals surface area contributed by atoms with Gasteiger partial charge >= 0.3 is 11.9 Å². The van der Waals surface area contributed by atoms with Crippen molar-refractivity contribution in [2.24, 2.45) is 0 Å². The van der Waals surface area contributed by atoms with Gasteiger partial charge < -0.3 is 14.8 Å². The molecule has 0 aromatic heterocycles. The van der Waals surface area contributed by atoms with Crippen LogP contribution in [0.25, 0.3) is 5.57 Å². The van der Waals surface area contributed by atoms with Crippen molar-refractivity contribution in [1.29, 1.82) is 0 Å². The summed E-state index contributed by atoms with van der Waals surface area (Å²) in [6.07, 6.45) is 1.29. The third-order valence-corrected chi connectivity index (χ3v) is 2.88. The number of ether oxygens (including phenoxy) is 2. The monoisotopic (exact) mass is 287 g/mol. The molecule has 0 amide bonds. The second kappa shape index (κ2) is 5.44. The van der Waals surface area contributed by atoms with E-state index >= 15 is 0 Å². The lowest BCUT2D eigenvalue weighted by molar-refractivity contribution is -0.222. The lowest BCUT2D eigenvalue weighted by atomic mass is 10.1. The fourth-order valence-electron chi connectivity index (χ4n) is 1.91. The Morgan fingerprint density at radius 2 is 1.76 bits per heavy atom. The molecule has 0 bridgehead atoms. The first-order valence-corrected chi connectivity index (χ1v) is 6.48. The summed E-state index contributed by atoms with van der Waals surface area (Å²) in [6.45, 7) is 8.77. The fraction of sp³-hybridized carbons (Fsp3) is 0.250. The van der Waals surface area contributed by atoms with Gasteiger partial charge in [-0.3, -0.25) is 0 Å². The number of anilines is 1. The lowest BCUT2D eigenvalue weighted by Gasteiger charge is -2.29. The Morgan fingerprint density at radius 1 is 1.19 bits per heavy atom. The third-order valence-electron chi connectivity index (χ3n) is 2.88. The first-order valence-electron chi connectivity index (χ1n) is 6.48. The molecule has 2 rings (SSSR count). The van der Waals surface area contributed by atoms with Crippen molar-refractivity contribution < 1.29 is 19.1 Å². The van der Waals surface area contributed by atoms with Gasteiger partial charge in [-0.1, -0.05) is 24.8 Å². The molecule has 0 aliphatic carbocycles. The Morgan fingerprint density at radius 3 is 2.33 bits per heavy atom. The van der Waals surface area contributed by atoms with Gasteiger partial charge in [0.25, 0.3) is 5.79 Å². The summed E-state index contributed by atoms with van der Waals surface area (Å²) in [4.78, 5) is 23.6. The zero-order chi connectivity index (χ0) is 15.6. The molecule has 1 aliphatic heterocycles. The second-order valence-electron chi connectivity index (χ2n) is 5.21. The van der Waals surface area contributed by atoms with E-state index in [1.807, 2.05) is 31.2 Å². The quantitative estimate of drug-likeness (QED) is 0.526. The van der Waals surface area contributed by atoms with Crippen LogP contribution in [0.2, 0.25) is 0 Å². The summed E-state index contributed by atoms with van der Waals surface area (Å²) >= 11 is 0. The van der Waals surface area contributed by atoms with E-state index in [-0.39, 0.29) is 5.57 Å². The molecule has 1 aliphatic rings. The van der Waals surface area contributed by atoms with E-state index < -0.39 is 17.7 Å². The summed E-state index contributed by atoms with van der Waals surface area (Å²) in [5.41, 5.74) is 2.33. The molecule has 0 unspecified atom stereocenters. The first kappa shape index (κ1) is 14.8. The summed E-state index contributed by atoms with van der Waals surface area (Å²) in [6, 6.07) is 7.44. The summed E-state index contributed by atoms with van der Waals surface area (Å²) in [5, 5.41) is 2.93. The van der Waals surface area contributed by atoms with Gasteiger partial charge in [-0.05, 0) is 18.6 Å². The van der Waals surface area contributed by atoms with Gasteiger partial charge in [-0.15, -0.1) is 0 Å². The Kier molecular flexibility index (Phi) is 3.84. The van der Waals surface area contributed by atoms with E-state index in [2.05, 4.69) is 11.9 Å². The highest BCUT2D eigenvalue weighted by Gasteiger charge is 2.38. The van der Waals surface area contributed by atoms with Crippen LogP contribution in [0.1, 0.15) is 26.3 Å². The first-order chi connectivity index (χ1) is 9.80. The maximum Gasteiger partial charge on any atom is 0.350 e. The lowest BCUT2D eigenvalue weighted by Crippen LogP contribution is -2.42.